The van der Waals surface area contributed by atoms with Crippen LogP contribution in [-0.4, -0.2) is 16.9 Å². The van der Waals surface area contributed by atoms with Gasteiger partial charge in [0.25, 0.3) is 0 Å². The highest BCUT2D eigenvalue weighted by Gasteiger charge is 2.20. The zero-order valence-electron chi connectivity index (χ0n) is 11.4. The second-order valence-corrected chi connectivity index (χ2v) is 6.08. The number of nitrogens with one attached hydrogen (secondary N) is 1. The van der Waals surface area contributed by atoms with E-state index in [9.17, 15) is 4.79 Å². The Hall–Kier alpha value is -1.46. The van der Waals surface area contributed by atoms with Crippen LogP contribution in [0.25, 0.3) is 10.2 Å². The number of amides is 1. The Balaban J connectivity index is 2.11. The summed E-state index contributed by atoms with van der Waals surface area (Å²) in [5.41, 5.74) is 6.80. The number of nitrogens with two attached hydrogens (primary N) is 1. The molecule has 19 heavy (non-hydrogen) atoms. The molecule has 102 valence electrons. The normalized spacial score (nSPS) is 14.6. The fraction of sp³-hybridized carbons (Fsp3) is 0.429. The first kappa shape index (κ1) is 14.0. The van der Waals surface area contributed by atoms with E-state index in [1.54, 1.807) is 11.3 Å². The molecule has 1 aromatic heterocycles. The number of nitrogens with zero attached hydrogens (tertiary/aromatic N) is 1. The second kappa shape index (κ2) is 5.67. The lowest BCUT2D eigenvalue weighted by molar-refractivity contribution is -0.123. The second-order valence-electron chi connectivity index (χ2n) is 5.02. The Morgan fingerprint density at radius 3 is 2.63 bits per heavy atom. The molecule has 0 aliphatic heterocycles. The van der Waals surface area contributed by atoms with Gasteiger partial charge >= 0.3 is 0 Å². The summed E-state index contributed by atoms with van der Waals surface area (Å²) >= 11 is 1.60. The van der Waals surface area contributed by atoms with Gasteiger partial charge in [0.1, 0.15) is 5.01 Å². The van der Waals surface area contributed by atoms with Gasteiger partial charge in [0.05, 0.1) is 22.3 Å². The van der Waals surface area contributed by atoms with Gasteiger partial charge in [-0.1, -0.05) is 26.0 Å². The molecule has 3 N–H and O–H groups in total. The van der Waals surface area contributed by atoms with Crippen LogP contribution < -0.4 is 11.1 Å². The van der Waals surface area contributed by atoms with Gasteiger partial charge in [0, 0.05) is 0 Å². The third kappa shape index (κ3) is 3.11. The van der Waals surface area contributed by atoms with Gasteiger partial charge in [0.15, 0.2) is 0 Å². The van der Waals surface area contributed by atoms with Gasteiger partial charge in [-0.3, -0.25) is 4.79 Å². The van der Waals surface area contributed by atoms with E-state index in [0.29, 0.717) is 0 Å². The van der Waals surface area contributed by atoms with Crippen LogP contribution in [-0.2, 0) is 4.79 Å². The van der Waals surface area contributed by atoms with Gasteiger partial charge < -0.3 is 11.1 Å². The summed E-state index contributed by atoms with van der Waals surface area (Å²) in [4.78, 5) is 16.5. The molecule has 0 aliphatic rings. The number of hydrogen-bond donors (Lipinski definition) is 2. The van der Waals surface area contributed by atoms with Gasteiger partial charge in [-0.25, -0.2) is 4.98 Å². The van der Waals surface area contributed by atoms with E-state index in [4.69, 9.17) is 5.73 Å². The maximum Gasteiger partial charge on any atom is 0.237 e. The minimum absolute atomic E-state index is 0.116. The number of para-hydroxylation sites is 1. The van der Waals surface area contributed by atoms with Crippen molar-refractivity contribution in [2.45, 2.75) is 32.9 Å². The largest absolute Gasteiger partial charge is 0.346 e. The smallest absolute Gasteiger partial charge is 0.237 e. The molecule has 0 unspecified atom stereocenters. The third-order valence-electron chi connectivity index (χ3n) is 3.06. The molecule has 0 saturated heterocycles. The van der Waals surface area contributed by atoms with Crippen molar-refractivity contribution in [2.24, 2.45) is 11.7 Å². The molecule has 1 aromatic carbocycles. The van der Waals surface area contributed by atoms with Crippen LogP contribution in [0.2, 0.25) is 0 Å². The molecule has 0 radical (unpaired) electrons. The van der Waals surface area contributed by atoms with E-state index < -0.39 is 6.04 Å². The van der Waals surface area contributed by atoms with E-state index in [-0.39, 0.29) is 17.9 Å². The van der Waals surface area contributed by atoms with Crippen molar-refractivity contribution in [3.05, 3.63) is 29.3 Å². The predicted octanol–water partition coefficient (Wildman–Crippen LogP) is 2.46. The standard InChI is InChI=1S/C14H19N3OS/c1-8(2)12(15)13(18)16-9(3)14-17-10-6-4-5-7-11(10)19-14/h4-9,12H,15H2,1-3H3,(H,16,18)/t9-,12+/m1/s1. The average molecular weight is 277 g/mol. The quantitative estimate of drug-likeness (QED) is 0.902. The van der Waals surface area contributed by atoms with Crippen molar-refractivity contribution >= 4 is 27.5 Å². The van der Waals surface area contributed by atoms with Crippen molar-refractivity contribution in [1.29, 1.82) is 0 Å². The van der Waals surface area contributed by atoms with E-state index in [1.165, 1.54) is 0 Å². The number of carbonyl (C=O) groups is 1. The number of fused-ring (bicyclic) bond motifs is 1. The summed E-state index contributed by atoms with van der Waals surface area (Å²) in [5, 5.41) is 3.83. The summed E-state index contributed by atoms with van der Waals surface area (Å²) in [6.07, 6.45) is 0. The Bertz CT molecular complexity index is 546. The minimum atomic E-state index is -0.475. The van der Waals surface area contributed by atoms with Gasteiger partial charge in [-0.15, -0.1) is 11.3 Å². The molecule has 0 fully saturated rings. The first-order valence-corrected chi connectivity index (χ1v) is 7.22. The molecule has 2 aromatic rings. The number of rotatable bonds is 4. The van der Waals surface area contributed by atoms with Gasteiger partial charge in [0.2, 0.25) is 5.91 Å². The topological polar surface area (TPSA) is 68.0 Å². The number of aromatic nitrogens is 1. The molecule has 2 rings (SSSR count). The summed E-state index contributed by atoms with van der Waals surface area (Å²) in [6, 6.07) is 7.37. The lowest BCUT2D eigenvalue weighted by Crippen LogP contribution is -2.44. The summed E-state index contributed by atoms with van der Waals surface area (Å²) < 4.78 is 1.13. The van der Waals surface area contributed by atoms with Crippen LogP contribution in [0.4, 0.5) is 0 Å². The van der Waals surface area contributed by atoms with Crippen LogP contribution in [0.5, 0.6) is 0 Å². The van der Waals surface area contributed by atoms with E-state index in [0.717, 1.165) is 15.2 Å². The maximum atomic E-state index is 11.9. The third-order valence-corrected chi connectivity index (χ3v) is 4.28. The Kier molecular flexibility index (Phi) is 4.17. The maximum absolute atomic E-state index is 11.9. The molecule has 0 spiro atoms. The molecule has 2 atom stereocenters. The lowest BCUT2D eigenvalue weighted by Gasteiger charge is -2.18. The number of hydrogen-bond acceptors (Lipinski definition) is 4. The highest BCUT2D eigenvalue weighted by atomic mass is 32.1. The fourth-order valence-corrected chi connectivity index (χ4v) is 2.72. The van der Waals surface area contributed by atoms with Crippen molar-refractivity contribution in [3.8, 4) is 0 Å². The average Bonchev–Trinajstić information content (AvgIpc) is 2.81. The number of carbonyl (C=O) groups excluding carboxylic acids is 1. The van der Waals surface area contributed by atoms with Crippen molar-refractivity contribution in [3.63, 3.8) is 0 Å². The van der Waals surface area contributed by atoms with Crippen molar-refractivity contribution in [2.75, 3.05) is 0 Å². The van der Waals surface area contributed by atoms with Crippen molar-refractivity contribution < 1.29 is 4.79 Å². The van der Waals surface area contributed by atoms with Crippen molar-refractivity contribution in [1.82, 2.24) is 10.3 Å². The van der Waals surface area contributed by atoms with Gasteiger partial charge in [-0.2, -0.15) is 0 Å². The fourth-order valence-electron chi connectivity index (χ4n) is 1.75. The van der Waals surface area contributed by atoms with Crippen LogP contribution in [0, 0.1) is 5.92 Å². The zero-order valence-corrected chi connectivity index (χ0v) is 12.2. The lowest BCUT2D eigenvalue weighted by atomic mass is 10.0. The molecule has 5 heteroatoms. The molecule has 0 saturated carbocycles. The van der Waals surface area contributed by atoms with Crippen LogP contribution in [0.3, 0.4) is 0 Å². The highest BCUT2D eigenvalue weighted by molar-refractivity contribution is 7.18. The minimum Gasteiger partial charge on any atom is -0.346 e. The first-order chi connectivity index (χ1) is 8.99. The zero-order chi connectivity index (χ0) is 14.0. The number of benzene rings is 1. The molecule has 1 amide bonds. The van der Waals surface area contributed by atoms with E-state index in [2.05, 4.69) is 10.3 Å². The summed E-state index contributed by atoms with van der Waals surface area (Å²) in [5.74, 6) is 0.00400. The summed E-state index contributed by atoms with van der Waals surface area (Å²) in [7, 11) is 0. The molecule has 0 aliphatic carbocycles. The van der Waals surface area contributed by atoms with Crippen LogP contribution >= 0.6 is 11.3 Å². The SMILES string of the molecule is CC(C)[C@H](N)C(=O)N[C@H](C)c1nc2ccccc2s1. The van der Waals surface area contributed by atoms with Crippen LogP contribution in [0.1, 0.15) is 31.8 Å². The summed E-state index contributed by atoms with van der Waals surface area (Å²) in [6.45, 7) is 5.81. The van der Waals surface area contributed by atoms with E-state index >= 15 is 0 Å². The first-order valence-electron chi connectivity index (χ1n) is 6.40. The molecular weight excluding hydrogens is 258 g/mol. The predicted molar refractivity (Wildman–Crippen MR) is 79.0 cm³/mol. The molecule has 1 heterocycles. The van der Waals surface area contributed by atoms with Crippen LogP contribution in [0.15, 0.2) is 24.3 Å². The Morgan fingerprint density at radius 1 is 1.32 bits per heavy atom. The molecule has 4 nitrogen and oxygen atoms in total. The van der Waals surface area contributed by atoms with Gasteiger partial charge in [-0.05, 0) is 25.0 Å². The Morgan fingerprint density at radius 2 is 2.00 bits per heavy atom. The van der Waals surface area contributed by atoms with E-state index in [1.807, 2.05) is 45.0 Å². The highest BCUT2D eigenvalue weighted by Crippen LogP contribution is 2.26. The molecular formula is C14H19N3OS. The Labute approximate surface area is 117 Å². The number of thiazole rings is 1. The molecule has 0 bridgehead atoms. The monoisotopic (exact) mass is 277 g/mol.